The Kier molecular flexibility index (Phi) is 3.24. The van der Waals surface area contributed by atoms with Crippen molar-refractivity contribution in [3.8, 4) is 0 Å². The Morgan fingerprint density at radius 1 is 1.00 bits per heavy atom. The minimum atomic E-state index is 0.309. The molecule has 1 rings (SSSR count). The molecule has 74 valence electrons. The van der Waals surface area contributed by atoms with Gasteiger partial charge in [-0.2, -0.15) is 0 Å². The molecule has 0 spiro atoms. The van der Waals surface area contributed by atoms with Crippen LogP contribution in [-0.4, -0.2) is 4.09 Å². The summed E-state index contributed by atoms with van der Waals surface area (Å²) in [4.78, 5) is 0. The van der Waals surface area contributed by atoms with Gasteiger partial charge < -0.3 is 0 Å². The van der Waals surface area contributed by atoms with Crippen LogP contribution >= 0.6 is 24.2 Å². The summed E-state index contributed by atoms with van der Waals surface area (Å²) >= 11 is 0. The maximum atomic E-state index is 2.51. The lowest BCUT2D eigenvalue weighted by atomic mass is 10.0. The molecule has 0 aliphatic heterocycles. The van der Waals surface area contributed by atoms with E-state index in [1.165, 1.54) is 24.2 Å². The average molecular weight is 233 g/mol. The van der Waals surface area contributed by atoms with Crippen molar-refractivity contribution in [2.45, 2.75) is 52.5 Å². The highest BCUT2D eigenvalue weighted by Crippen LogP contribution is 2.46. The van der Waals surface area contributed by atoms with Crippen LogP contribution in [0.3, 0.4) is 0 Å². The predicted octanol–water partition coefficient (Wildman–Crippen LogP) is 5.28. The van der Waals surface area contributed by atoms with Crippen LogP contribution in [0.1, 0.15) is 46.6 Å². The quantitative estimate of drug-likeness (QED) is 0.574. The van der Waals surface area contributed by atoms with Crippen LogP contribution in [0.5, 0.6) is 0 Å². The van der Waals surface area contributed by atoms with Crippen molar-refractivity contribution < 1.29 is 0 Å². The molecule has 1 heterocycles. The van der Waals surface area contributed by atoms with Crippen LogP contribution in [0.4, 0.5) is 0 Å². The van der Waals surface area contributed by atoms with Gasteiger partial charge in [0.15, 0.2) is 0 Å². The minimum absolute atomic E-state index is 0.309. The van der Waals surface area contributed by atoms with Gasteiger partial charge in [0.05, 0.1) is 8.03 Å². The van der Waals surface area contributed by atoms with Crippen molar-refractivity contribution >= 4 is 24.2 Å². The molecule has 1 nitrogen and oxygen atoms in total. The Hall–Kier alpha value is 0.570. The molecule has 0 saturated carbocycles. The highest BCUT2D eigenvalue weighted by atomic mass is 31.8. The smallest absolute Gasteiger partial charge is 0.0513 e. The predicted molar refractivity (Wildman–Crippen MR) is 65.7 cm³/mol. The van der Waals surface area contributed by atoms with Crippen molar-refractivity contribution in [3.63, 3.8) is 0 Å². The van der Waals surface area contributed by atoms with Crippen LogP contribution < -0.4 is 0 Å². The van der Waals surface area contributed by atoms with E-state index in [1.807, 2.05) is 0 Å². The van der Waals surface area contributed by atoms with Gasteiger partial charge in [0.2, 0.25) is 0 Å². The molecule has 0 unspecified atom stereocenters. The summed E-state index contributed by atoms with van der Waals surface area (Å²) in [6.07, 6.45) is 0. The second-order valence-corrected chi connectivity index (χ2v) is 9.40. The van der Waals surface area contributed by atoms with Gasteiger partial charge in [-0.05, 0) is 34.1 Å². The summed E-state index contributed by atoms with van der Waals surface area (Å²) in [5.41, 5.74) is 0.680. The second-order valence-electron chi connectivity index (χ2n) is 5.32. The summed E-state index contributed by atoms with van der Waals surface area (Å²) in [5, 5.41) is 1.64. The first kappa shape index (κ1) is 11.6. The molecule has 4 heteroatoms. The van der Waals surface area contributed by atoms with E-state index in [0.717, 1.165) is 0 Å². The molecule has 0 N–H and O–H groups in total. The highest BCUT2D eigenvalue weighted by molar-refractivity contribution is 7.93. The van der Waals surface area contributed by atoms with Gasteiger partial charge in [-0.3, -0.25) is 4.09 Å². The molecule has 0 aromatic carbocycles. The summed E-state index contributed by atoms with van der Waals surface area (Å²) in [7, 11) is 4.38. The zero-order valence-corrected chi connectivity index (χ0v) is 12.0. The van der Waals surface area contributed by atoms with Gasteiger partial charge in [0.25, 0.3) is 0 Å². The van der Waals surface area contributed by atoms with Crippen molar-refractivity contribution in [3.05, 3.63) is 5.03 Å². The molecular weight excluding hydrogens is 215 g/mol. The average Bonchev–Trinajstić information content (AvgIpc) is 2.28. The third kappa shape index (κ3) is 3.02. The first-order valence-corrected chi connectivity index (χ1v) is 7.82. The second kappa shape index (κ2) is 3.62. The van der Waals surface area contributed by atoms with E-state index in [2.05, 4.69) is 45.6 Å². The van der Waals surface area contributed by atoms with Gasteiger partial charge in [-0.1, -0.05) is 20.8 Å². The van der Waals surface area contributed by atoms with E-state index in [0.29, 0.717) is 11.0 Å². The maximum absolute atomic E-state index is 2.51. The molecule has 0 radical (unpaired) electrons. The fraction of sp³-hybridized carbons (Fsp3) is 0.889. The first-order valence-electron chi connectivity index (χ1n) is 4.52. The van der Waals surface area contributed by atoms with Gasteiger partial charge in [-0.15, -0.1) is 0 Å². The van der Waals surface area contributed by atoms with Gasteiger partial charge in [-0.25, -0.2) is 0 Å². The Balaban J connectivity index is 3.01. The number of aromatic nitrogens is 1. The Bertz CT molecular complexity index is 262. The molecule has 0 aliphatic carbocycles. The van der Waals surface area contributed by atoms with Crippen LogP contribution in [0.2, 0.25) is 0 Å². The highest BCUT2D eigenvalue weighted by Gasteiger charge is 2.20. The van der Waals surface area contributed by atoms with E-state index in [1.54, 1.807) is 5.03 Å². The molecule has 0 fully saturated rings. The third-order valence-electron chi connectivity index (χ3n) is 1.68. The zero-order valence-electron chi connectivity index (χ0n) is 9.29. The SMILES string of the molecule is CC(C)(C)c1ppn(C(C)(C)C)p1. The fourth-order valence-corrected chi connectivity index (χ4v) is 7.04. The Morgan fingerprint density at radius 3 is 1.77 bits per heavy atom. The molecule has 0 bridgehead atoms. The van der Waals surface area contributed by atoms with Gasteiger partial charge >= 0.3 is 0 Å². The van der Waals surface area contributed by atoms with Gasteiger partial charge in [0, 0.05) is 18.9 Å². The van der Waals surface area contributed by atoms with Crippen molar-refractivity contribution in [2.75, 3.05) is 0 Å². The lowest BCUT2D eigenvalue weighted by molar-refractivity contribution is 0.458. The molecule has 1 aromatic rings. The van der Waals surface area contributed by atoms with Crippen molar-refractivity contribution in [1.82, 2.24) is 4.09 Å². The summed E-state index contributed by atoms with van der Waals surface area (Å²) < 4.78 is 2.51. The number of hydrogen-bond donors (Lipinski definition) is 0. The fourth-order valence-electron chi connectivity index (χ4n) is 0.799. The maximum Gasteiger partial charge on any atom is 0.0513 e. The van der Waals surface area contributed by atoms with Crippen LogP contribution in [0, 0.1) is 0 Å². The number of rotatable bonds is 0. The first-order chi connectivity index (χ1) is 5.71. The van der Waals surface area contributed by atoms with Gasteiger partial charge in [0.1, 0.15) is 0 Å². The molecule has 0 atom stereocenters. The lowest BCUT2D eigenvalue weighted by Crippen LogP contribution is -2.15. The minimum Gasteiger partial charge on any atom is -0.297 e. The normalized spacial score (nSPS) is 15.2. The van der Waals surface area contributed by atoms with Crippen LogP contribution in [0.25, 0.3) is 0 Å². The molecular formula is C9H18NP3. The Morgan fingerprint density at radius 2 is 1.54 bits per heavy atom. The van der Waals surface area contributed by atoms with E-state index in [-0.39, 0.29) is 0 Å². The summed E-state index contributed by atoms with van der Waals surface area (Å²) in [6.45, 7) is 13.8. The molecule has 1 aromatic heterocycles. The lowest BCUT2D eigenvalue weighted by Gasteiger charge is -2.20. The third-order valence-corrected chi connectivity index (χ3v) is 8.46. The molecule has 0 aliphatic rings. The van der Waals surface area contributed by atoms with Crippen LogP contribution in [0.15, 0.2) is 0 Å². The molecule has 13 heavy (non-hydrogen) atoms. The zero-order chi connectivity index (χ0) is 10.3. The monoisotopic (exact) mass is 233 g/mol. The molecule has 0 amide bonds. The van der Waals surface area contributed by atoms with E-state index in [9.17, 15) is 0 Å². The molecule has 0 saturated heterocycles. The topological polar surface area (TPSA) is 4.93 Å². The van der Waals surface area contributed by atoms with E-state index < -0.39 is 0 Å². The summed E-state index contributed by atoms with van der Waals surface area (Å²) in [6, 6.07) is 0. The number of nitrogens with zero attached hydrogens (tertiary/aromatic N) is 1. The summed E-state index contributed by atoms with van der Waals surface area (Å²) in [5.74, 6) is 0. The van der Waals surface area contributed by atoms with Crippen molar-refractivity contribution in [2.24, 2.45) is 0 Å². The Labute approximate surface area is 86.3 Å². The van der Waals surface area contributed by atoms with Crippen LogP contribution in [-0.2, 0) is 11.0 Å². The number of hydrogen-bond acceptors (Lipinski definition) is 0. The van der Waals surface area contributed by atoms with E-state index in [4.69, 9.17) is 0 Å². The van der Waals surface area contributed by atoms with E-state index >= 15 is 0 Å². The standard InChI is InChI=1S/C9H18NP3/c1-8(2,3)7-11-10(13-12-7)9(4,5)6/h1-6H3. The largest absolute Gasteiger partial charge is 0.297 e. The van der Waals surface area contributed by atoms with Crippen molar-refractivity contribution in [1.29, 1.82) is 0 Å².